The summed E-state index contributed by atoms with van der Waals surface area (Å²) < 4.78 is 11.7. The largest absolute Gasteiger partial charge is 0.480 e. The molecule has 2 aromatic heterocycles. The maximum Gasteiger partial charge on any atom is 0.340 e. The maximum atomic E-state index is 12.8. The quantitative estimate of drug-likeness (QED) is 0.373. The number of carbonyl (C=O) groups is 2. The number of amides is 1. The van der Waals surface area contributed by atoms with Gasteiger partial charge in [-0.25, -0.2) is 9.59 Å². The van der Waals surface area contributed by atoms with Gasteiger partial charge in [-0.1, -0.05) is 43.7 Å². The summed E-state index contributed by atoms with van der Waals surface area (Å²) in [5.41, 5.74) is 4.00. The van der Waals surface area contributed by atoms with Gasteiger partial charge in [0.25, 0.3) is 0 Å². The molecule has 0 aliphatic rings. The van der Waals surface area contributed by atoms with Gasteiger partial charge in [-0.15, -0.1) is 0 Å². The average Bonchev–Trinajstić information content (AvgIpc) is 3.14. The monoisotopic (exact) mass is 461 g/mol. The third-order valence-electron chi connectivity index (χ3n) is 6.24. The number of rotatable bonds is 7. The van der Waals surface area contributed by atoms with Crippen molar-refractivity contribution in [3.63, 3.8) is 0 Å². The van der Waals surface area contributed by atoms with E-state index >= 15 is 0 Å². The van der Waals surface area contributed by atoms with Crippen LogP contribution in [0.4, 0.5) is 0 Å². The number of aryl methyl sites for hydroxylation is 3. The number of furan rings is 1. The Bertz CT molecular complexity index is 1460. The molecule has 2 N–H and O–H groups in total. The van der Waals surface area contributed by atoms with Gasteiger partial charge < -0.3 is 19.3 Å². The molecule has 4 rings (SSSR count). The summed E-state index contributed by atoms with van der Waals surface area (Å²) >= 11 is 0. The van der Waals surface area contributed by atoms with E-state index in [1.54, 1.807) is 6.92 Å². The maximum absolute atomic E-state index is 12.8. The van der Waals surface area contributed by atoms with Crippen LogP contribution in [-0.4, -0.2) is 23.0 Å². The van der Waals surface area contributed by atoms with E-state index in [1.807, 2.05) is 57.2 Å². The first kappa shape index (κ1) is 23.3. The minimum Gasteiger partial charge on any atom is -0.480 e. The van der Waals surface area contributed by atoms with E-state index in [1.165, 1.54) is 0 Å². The molecule has 0 saturated carbocycles. The van der Waals surface area contributed by atoms with Crippen LogP contribution in [0.5, 0.6) is 0 Å². The number of benzene rings is 2. The molecule has 0 aliphatic carbocycles. The molecule has 0 fully saturated rings. The van der Waals surface area contributed by atoms with Crippen LogP contribution in [-0.2, 0) is 16.0 Å². The standard InChI is InChI=1S/C27H27NO6/c1-5-9-21(26(30)31)28-22(29)13-19-14(2)18-12-20-23(17-10-7-6-8-11-17)16(4)33-25(20)15(3)24(18)34-27(19)32/h6-8,10-12,21H,5,9,13H2,1-4H3,(H,28,29)(H,30,31)/t21-/m1/s1. The molecule has 7 heteroatoms. The van der Waals surface area contributed by atoms with Crippen molar-refractivity contribution in [1.29, 1.82) is 0 Å². The van der Waals surface area contributed by atoms with E-state index in [0.717, 1.165) is 22.3 Å². The Morgan fingerprint density at radius 1 is 1.00 bits per heavy atom. The van der Waals surface area contributed by atoms with Gasteiger partial charge in [0.1, 0.15) is 23.0 Å². The number of carboxylic acids is 1. The fourth-order valence-corrected chi connectivity index (χ4v) is 4.49. The first-order chi connectivity index (χ1) is 16.2. The Morgan fingerprint density at radius 2 is 1.68 bits per heavy atom. The van der Waals surface area contributed by atoms with E-state index in [2.05, 4.69) is 5.32 Å². The second kappa shape index (κ2) is 9.17. The zero-order valence-electron chi connectivity index (χ0n) is 19.7. The number of fused-ring (bicyclic) bond motifs is 2. The van der Waals surface area contributed by atoms with Crippen LogP contribution in [0.1, 0.15) is 42.2 Å². The molecular formula is C27H27NO6. The van der Waals surface area contributed by atoms with Gasteiger partial charge in [0, 0.05) is 21.9 Å². The van der Waals surface area contributed by atoms with E-state index in [4.69, 9.17) is 8.83 Å². The number of hydrogen-bond acceptors (Lipinski definition) is 5. The van der Waals surface area contributed by atoms with E-state index in [0.29, 0.717) is 40.5 Å². The molecular weight excluding hydrogens is 434 g/mol. The molecule has 0 unspecified atom stereocenters. The predicted molar refractivity (Wildman–Crippen MR) is 130 cm³/mol. The summed E-state index contributed by atoms with van der Waals surface area (Å²) in [5.74, 6) is -0.869. The Kier molecular flexibility index (Phi) is 6.28. The number of carboxylic acid groups (broad SMARTS) is 1. The van der Waals surface area contributed by atoms with Crippen LogP contribution in [0.25, 0.3) is 33.1 Å². The van der Waals surface area contributed by atoms with Gasteiger partial charge in [-0.3, -0.25) is 4.79 Å². The van der Waals surface area contributed by atoms with Crippen molar-refractivity contribution < 1.29 is 23.5 Å². The fraction of sp³-hybridized carbons (Fsp3) is 0.296. The first-order valence-corrected chi connectivity index (χ1v) is 11.3. The molecule has 2 heterocycles. The summed E-state index contributed by atoms with van der Waals surface area (Å²) in [7, 11) is 0. The van der Waals surface area contributed by atoms with Crippen LogP contribution in [0.3, 0.4) is 0 Å². The van der Waals surface area contributed by atoms with Gasteiger partial charge >= 0.3 is 11.6 Å². The molecule has 34 heavy (non-hydrogen) atoms. The van der Waals surface area contributed by atoms with Gasteiger partial charge in [0.05, 0.1) is 12.0 Å². The molecule has 1 atom stereocenters. The lowest BCUT2D eigenvalue weighted by Crippen LogP contribution is -2.41. The van der Waals surface area contributed by atoms with E-state index in [9.17, 15) is 19.5 Å². The molecule has 0 aliphatic heterocycles. The zero-order chi connectivity index (χ0) is 24.6. The molecule has 2 aromatic carbocycles. The second-order valence-electron chi connectivity index (χ2n) is 8.57. The highest BCUT2D eigenvalue weighted by Gasteiger charge is 2.23. The summed E-state index contributed by atoms with van der Waals surface area (Å²) in [5, 5.41) is 13.4. The summed E-state index contributed by atoms with van der Waals surface area (Å²) in [4.78, 5) is 36.8. The van der Waals surface area contributed by atoms with Crippen LogP contribution < -0.4 is 10.9 Å². The molecule has 176 valence electrons. The first-order valence-electron chi connectivity index (χ1n) is 11.3. The topological polar surface area (TPSA) is 110 Å². The van der Waals surface area contributed by atoms with Crippen molar-refractivity contribution >= 4 is 33.8 Å². The SMILES string of the molecule is CCC[C@@H](NC(=O)Cc1c(C)c2cc3c(-c4ccccc4)c(C)oc3c(C)c2oc1=O)C(=O)O. The lowest BCUT2D eigenvalue weighted by atomic mass is 9.96. The van der Waals surface area contributed by atoms with E-state index in [-0.39, 0.29) is 12.0 Å². The van der Waals surface area contributed by atoms with Gasteiger partial charge in [-0.2, -0.15) is 0 Å². The minimum absolute atomic E-state index is 0.214. The molecule has 0 bridgehead atoms. The van der Waals surface area contributed by atoms with E-state index < -0.39 is 23.5 Å². The lowest BCUT2D eigenvalue weighted by Gasteiger charge is -2.14. The van der Waals surface area contributed by atoms with Crippen LogP contribution >= 0.6 is 0 Å². The zero-order valence-corrected chi connectivity index (χ0v) is 19.7. The summed E-state index contributed by atoms with van der Waals surface area (Å²) in [6.45, 7) is 7.37. The molecule has 0 radical (unpaired) electrons. The molecule has 0 spiro atoms. The van der Waals surface area contributed by atoms with Crippen molar-refractivity contribution in [3.05, 3.63) is 69.3 Å². The van der Waals surface area contributed by atoms with Gasteiger partial charge in [-0.05, 0) is 44.4 Å². The smallest absolute Gasteiger partial charge is 0.340 e. The summed E-state index contributed by atoms with van der Waals surface area (Å²) in [6.07, 6.45) is 0.661. The molecule has 4 aromatic rings. The number of nitrogens with one attached hydrogen (secondary N) is 1. The van der Waals surface area contributed by atoms with Gasteiger partial charge in [0.15, 0.2) is 0 Å². The Labute approximate surface area is 196 Å². The highest BCUT2D eigenvalue weighted by Crippen LogP contribution is 2.39. The number of aliphatic carboxylic acids is 1. The number of carbonyl (C=O) groups excluding carboxylic acids is 1. The van der Waals surface area contributed by atoms with Crippen LogP contribution in [0.15, 0.2) is 50.0 Å². The third kappa shape index (κ3) is 4.09. The third-order valence-corrected chi connectivity index (χ3v) is 6.24. The average molecular weight is 462 g/mol. The fourth-order valence-electron chi connectivity index (χ4n) is 4.49. The van der Waals surface area contributed by atoms with Crippen molar-refractivity contribution in [2.24, 2.45) is 0 Å². The Hall–Kier alpha value is -3.87. The van der Waals surface area contributed by atoms with Crippen molar-refractivity contribution in [1.82, 2.24) is 5.32 Å². The second-order valence-corrected chi connectivity index (χ2v) is 8.57. The predicted octanol–water partition coefficient (Wildman–Crippen LogP) is 5.04. The Balaban J connectivity index is 1.83. The minimum atomic E-state index is -1.10. The molecule has 0 saturated heterocycles. The van der Waals surface area contributed by atoms with Crippen LogP contribution in [0, 0.1) is 20.8 Å². The Morgan fingerprint density at radius 3 is 2.32 bits per heavy atom. The van der Waals surface area contributed by atoms with Crippen LogP contribution in [0.2, 0.25) is 0 Å². The summed E-state index contributed by atoms with van der Waals surface area (Å²) in [6, 6.07) is 10.9. The van der Waals surface area contributed by atoms with Crippen molar-refractivity contribution in [2.75, 3.05) is 0 Å². The van der Waals surface area contributed by atoms with Gasteiger partial charge in [0.2, 0.25) is 5.91 Å². The molecule has 7 nitrogen and oxygen atoms in total. The molecule has 1 amide bonds. The lowest BCUT2D eigenvalue weighted by molar-refractivity contribution is -0.141. The number of hydrogen-bond donors (Lipinski definition) is 2. The van der Waals surface area contributed by atoms with Crippen molar-refractivity contribution in [3.8, 4) is 11.1 Å². The highest BCUT2D eigenvalue weighted by atomic mass is 16.4. The van der Waals surface area contributed by atoms with Crippen molar-refractivity contribution in [2.45, 2.75) is 53.0 Å². The highest BCUT2D eigenvalue weighted by molar-refractivity contribution is 6.06. The normalized spacial score (nSPS) is 12.2.